The van der Waals surface area contributed by atoms with Crippen molar-refractivity contribution in [2.75, 3.05) is 10.2 Å². The number of rotatable bonds is 7. The lowest BCUT2D eigenvalue weighted by Crippen LogP contribution is -2.25. The molecular weight excluding hydrogens is 1150 g/mol. The van der Waals surface area contributed by atoms with Gasteiger partial charge in [-0.05, 0) is 97.1 Å². The van der Waals surface area contributed by atoms with E-state index < -0.39 is 14.3 Å². The predicted octanol–water partition coefficient (Wildman–Crippen LogP) is 17.0. The molecule has 2 aromatic heterocycles. The summed E-state index contributed by atoms with van der Waals surface area (Å²) in [4.78, 5) is 12.1. The highest BCUT2D eigenvalue weighted by Gasteiger charge is 2.33. The molecule has 2 aliphatic rings. The van der Waals surface area contributed by atoms with Gasteiger partial charge in [0.15, 0.2) is 14.3 Å². The molecule has 8 nitrogen and oxygen atoms in total. The Bertz CT molecular complexity index is 4740. The molecule has 0 amide bonds. The highest BCUT2D eigenvalue weighted by Crippen LogP contribution is 2.49. The van der Waals surface area contributed by atoms with E-state index in [2.05, 4.69) is 169 Å². The van der Waals surface area contributed by atoms with E-state index >= 15 is 0 Å². The van der Waals surface area contributed by atoms with Gasteiger partial charge in [0.1, 0.15) is 0 Å². The number of imidazole rings is 2. The summed E-state index contributed by atoms with van der Waals surface area (Å²) in [5.41, 5.74) is 14.1. The van der Waals surface area contributed by atoms with Crippen molar-refractivity contribution in [3.63, 3.8) is 0 Å². The van der Waals surface area contributed by atoms with Gasteiger partial charge >= 0.3 is 0 Å². The van der Waals surface area contributed by atoms with E-state index in [4.69, 9.17) is 9.97 Å². The zero-order valence-electron chi connectivity index (χ0n) is 45.8. The van der Waals surface area contributed by atoms with Gasteiger partial charge < -0.3 is 14.4 Å². The van der Waals surface area contributed by atoms with Crippen LogP contribution in [0.2, 0.25) is 0 Å². The number of aromatic nitrogens is 4. The van der Waals surface area contributed by atoms with E-state index in [1.807, 2.05) is 182 Å². The molecule has 16 rings (SSSR count). The third-order valence-electron chi connectivity index (χ3n) is 15.6. The minimum Gasteiger partial charge on any atom is -0.325 e. The van der Waals surface area contributed by atoms with Gasteiger partial charge in [0.2, 0.25) is 11.9 Å². The first-order valence-electron chi connectivity index (χ1n) is 28.1. The molecule has 1 N–H and O–H groups in total. The second-order valence-electron chi connectivity index (χ2n) is 20.6. The van der Waals surface area contributed by atoms with Crippen molar-refractivity contribution in [3.05, 3.63) is 320 Å². The van der Waals surface area contributed by atoms with Crippen molar-refractivity contribution in [1.82, 2.24) is 19.1 Å². The van der Waals surface area contributed by atoms with Gasteiger partial charge in [0.25, 0.3) is 0 Å². The summed E-state index contributed by atoms with van der Waals surface area (Å²) in [7, 11) is -5.90. The SMILES string of the molecule is O=P(c1ccccc1)(c1ccccc1)c1ccc(Br)cc1.O=P(c1ccccc1)(c1ccccc1)c1ccc(N2c3ccccc3-c3ccccc3-n3c2nc2ccccc23)cc1.c1ccc2c(c1)Nc1nc3ccccc3n1-c1ccccc1-2. The number of hydrogen-bond donors (Lipinski definition) is 1. The van der Waals surface area contributed by atoms with Gasteiger partial charge in [-0.25, -0.2) is 9.97 Å². The summed E-state index contributed by atoms with van der Waals surface area (Å²) >= 11 is 3.43. The Hall–Kier alpha value is -9.88. The lowest BCUT2D eigenvalue weighted by molar-refractivity contribution is 0.591. The number of benzene rings is 12. The van der Waals surface area contributed by atoms with Crippen molar-refractivity contribution in [2.24, 2.45) is 0 Å². The van der Waals surface area contributed by atoms with Crippen molar-refractivity contribution >= 4 is 113 Å². The average Bonchev–Trinajstić information content (AvgIpc) is 1.98. The molecule has 14 aromatic rings. The monoisotopic (exact) mass is 1200 g/mol. The molecule has 0 unspecified atom stereocenters. The molecule has 4 heterocycles. The van der Waals surface area contributed by atoms with Crippen molar-refractivity contribution in [2.45, 2.75) is 0 Å². The minimum absolute atomic E-state index is 0.795. The van der Waals surface area contributed by atoms with Crippen molar-refractivity contribution in [1.29, 1.82) is 0 Å². The molecule has 0 bridgehead atoms. The van der Waals surface area contributed by atoms with Gasteiger partial charge in [-0.15, -0.1) is 0 Å². The molecular formula is C74H53BrN6O2P2. The Morgan fingerprint density at radius 2 is 0.671 bits per heavy atom. The Labute approximate surface area is 501 Å². The van der Waals surface area contributed by atoms with Crippen LogP contribution in [0.3, 0.4) is 0 Å². The maximum absolute atomic E-state index is 15.0. The quantitative estimate of drug-likeness (QED) is 0.160. The largest absolute Gasteiger partial charge is 0.325 e. The predicted molar refractivity (Wildman–Crippen MR) is 357 cm³/mol. The second kappa shape index (κ2) is 22.7. The smallest absolute Gasteiger partial charge is 0.220 e. The van der Waals surface area contributed by atoms with E-state index in [-0.39, 0.29) is 0 Å². The Morgan fingerprint density at radius 1 is 0.318 bits per heavy atom. The first kappa shape index (κ1) is 53.1. The van der Waals surface area contributed by atoms with Crippen LogP contribution in [0.4, 0.5) is 29.0 Å². The lowest BCUT2D eigenvalue weighted by atomic mass is 10.0. The maximum atomic E-state index is 15.0. The standard InChI is InChI=1S/C37H26N3OP.C19H13N3.C18H14BrOP/c41-42(28-13-3-1-4-14-28,29-15-5-2-6-16-29)30-25-23-27(24-26-30)39-34-20-10-7-17-31(34)32-18-8-11-21-35(32)40-36-22-12-9-19-33(36)38-37(39)40;1-3-9-15-13(7-1)14-8-2-5-11-17(14)22-18-12-6-4-10-16(18)21-19(22)20-15;19-15-11-13-18(14-12-15)21(20,16-7-3-1-4-8-16)17-9-5-2-6-10-17/h1-26H;1-12H,(H,20,21);1-14H. The first-order valence-corrected chi connectivity index (χ1v) is 32.3. The summed E-state index contributed by atoms with van der Waals surface area (Å²) < 4.78 is 34.3. The second-order valence-corrected chi connectivity index (χ2v) is 27.1. The molecule has 408 valence electrons. The molecule has 0 aliphatic carbocycles. The van der Waals surface area contributed by atoms with Crippen LogP contribution in [-0.4, -0.2) is 19.1 Å². The van der Waals surface area contributed by atoms with Crippen LogP contribution in [0.5, 0.6) is 0 Å². The van der Waals surface area contributed by atoms with Gasteiger partial charge in [-0.2, -0.15) is 0 Å². The molecule has 0 saturated carbocycles. The first-order chi connectivity index (χ1) is 41.9. The van der Waals surface area contributed by atoms with E-state index in [9.17, 15) is 9.13 Å². The Morgan fingerprint density at radius 3 is 1.19 bits per heavy atom. The fourth-order valence-electron chi connectivity index (χ4n) is 11.7. The summed E-state index contributed by atoms with van der Waals surface area (Å²) in [6.45, 7) is 0. The van der Waals surface area contributed by atoms with Crippen molar-refractivity contribution in [3.8, 4) is 33.6 Å². The highest BCUT2D eigenvalue weighted by atomic mass is 79.9. The third kappa shape index (κ3) is 9.63. The van der Waals surface area contributed by atoms with Crippen LogP contribution in [-0.2, 0) is 9.13 Å². The summed E-state index contributed by atoms with van der Waals surface area (Å²) in [6, 6.07) is 105. The summed E-state index contributed by atoms with van der Waals surface area (Å²) in [5.74, 6) is 1.68. The molecule has 0 saturated heterocycles. The van der Waals surface area contributed by atoms with E-state index in [0.717, 1.165) is 110 Å². The van der Waals surface area contributed by atoms with Crippen LogP contribution in [0.15, 0.2) is 320 Å². The Kier molecular flexibility index (Phi) is 14.2. The minimum atomic E-state index is -3.09. The summed E-state index contributed by atoms with van der Waals surface area (Å²) in [5, 5.41) is 8.50. The number of nitrogens with one attached hydrogen (secondary N) is 1. The number of anilines is 5. The third-order valence-corrected chi connectivity index (χ3v) is 22.3. The van der Waals surface area contributed by atoms with E-state index in [0.29, 0.717) is 0 Å². The van der Waals surface area contributed by atoms with Crippen LogP contribution >= 0.6 is 30.2 Å². The molecule has 0 atom stereocenters. The van der Waals surface area contributed by atoms with Gasteiger partial charge in [0.05, 0.1) is 39.1 Å². The van der Waals surface area contributed by atoms with Gasteiger partial charge in [0, 0.05) is 69.9 Å². The van der Waals surface area contributed by atoms with Crippen LogP contribution in [0, 0.1) is 0 Å². The van der Waals surface area contributed by atoms with Gasteiger partial charge in [-0.1, -0.05) is 234 Å². The van der Waals surface area contributed by atoms with Crippen LogP contribution in [0.25, 0.3) is 55.7 Å². The average molecular weight is 1200 g/mol. The molecule has 2 aliphatic heterocycles. The van der Waals surface area contributed by atoms with Gasteiger partial charge in [-0.3, -0.25) is 14.0 Å². The lowest BCUT2D eigenvalue weighted by Gasteiger charge is -2.25. The van der Waals surface area contributed by atoms with Crippen molar-refractivity contribution < 1.29 is 9.13 Å². The van der Waals surface area contributed by atoms with E-state index in [1.54, 1.807) is 0 Å². The number of fused-ring (bicyclic) bond motifs is 14. The normalized spacial score (nSPS) is 12.0. The molecule has 0 fully saturated rings. The summed E-state index contributed by atoms with van der Waals surface area (Å²) in [6.07, 6.45) is 0. The fraction of sp³-hybridized carbons (Fsp3) is 0. The topological polar surface area (TPSA) is 85.1 Å². The van der Waals surface area contributed by atoms with E-state index in [1.165, 1.54) is 11.1 Å². The molecule has 0 spiro atoms. The number of para-hydroxylation sites is 8. The molecule has 0 radical (unpaired) electrons. The number of halogens is 1. The van der Waals surface area contributed by atoms with Crippen LogP contribution < -0.4 is 42.0 Å². The molecule has 11 heteroatoms. The number of nitrogens with zero attached hydrogens (tertiary/aromatic N) is 5. The highest BCUT2D eigenvalue weighted by molar-refractivity contribution is 9.10. The zero-order valence-corrected chi connectivity index (χ0v) is 49.2. The molecule has 85 heavy (non-hydrogen) atoms. The fourth-order valence-corrected chi connectivity index (χ4v) is 17.2. The van der Waals surface area contributed by atoms with Crippen LogP contribution in [0.1, 0.15) is 0 Å². The molecule has 12 aromatic carbocycles. The number of hydrogen-bond acceptors (Lipinski definition) is 6. The Balaban J connectivity index is 0.000000125. The maximum Gasteiger partial charge on any atom is 0.220 e. The zero-order chi connectivity index (χ0) is 57.3.